The van der Waals surface area contributed by atoms with Crippen molar-refractivity contribution in [2.24, 2.45) is 5.73 Å². The average molecular weight is 195 g/mol. The van der Waals surface area contributed by atoms with Gasteiger partial charge in [-0.2, -0.15) is 0 Å². The molecule has 0 saturated heterocycles. The summed E-state index contributed by atoms with van der Waals surface area (Å²) in [6.45, 7) is 2.25. The second-order valence-corrected chi connectivity index (χ2v) is 3.10. The highest BCUT2D eigenvalue weighted by atomic mass is 35.5. The molecule has 1 rings (SSSR count). The Morgan fingerprint density at radius 1 is 1.46 bits per heavy atom. The zero-order valence-corrected chi connectivity index (χ0v) is 8.15. The summed E-state index contributed by atoms with van der Waals surface area (Å²) >= 11 is 5.91. The quantitative estimate of drug-likeness (QED) is 0.486. The number of aryl methyl sites for hydroxylation is 1. The van der Waals surface area contributed by atoms with Gasteiger partial charge in [-0.15, -0.1) is 0 Å². The minimum absolute atomic E-state index is 0.333. The minimum Gasteiger partial charge on any atom is -0.398 e. The van der Waals surface area contributed by atoms with E-state index in [0.717, 1.165) is 11.1 Å². The topological polar surface area (TPSA) is 52.0 Å². The molecule has 0 amide bonds. The maximum Gasteiger partial charge on any atom is 0.0583 e. The van der Waals surface area contributed by atoms with E-state index in [4.69, 9.17) is 23.1 Å². The molecule has 0 spiro atoms. The van der Waals surface area contributed by atoms with Gasteiger partial charge in [0.05, 0.1) is 11.6 Å². The van der Waals surface area contributed by atoms with E-state index in [-0.39, 0.29) is 0 Å². The fraction of sp³-hybridized carbons (Fsp3) is 0.200. The van der Waals surface area contributed by atoms with Crippen molar-refractivity contribution < 1.29 is 0 Å². The first kappa shape index (κ1) is 9.91. The lowest BCUT2D eigenvalue weighted by molar-refractivity contribution is 1.30. The normalized spacial score (nSPS) is 9.15. The van der Waals surface area contributed by atoms with Gasteiger partial charge in [0.25, 0.3) is 0 Å². The Morgan fingerprint density at radius 2 is 2.15 bits per heavy atom. The first-order chi connectivity index (χ1) is 6.15. The van der Waals surface area contributed by atoms with Gasteiger partial charge in [-0.3, -0.25) is 0 Å². The van der Waals surface area contributed by atoms with Gasteiger partial charge in [-0.05, 0) is 24.6 Å². The first-order valence-electron chi connectivity index (χ1n) is 3.89. The van der Waals surface area contributed by atoms with Crippen LogP contribution in [0, 0.1) is 18.8 Å². The molecule has 13 heavy (non-hydrogen) atoms. The molecular weight excluding hydrogens is 184 g/mol. The van der Waals surface area contributed by atoms with Crippen molar-refractivity contribution in [2.45, 2.75) is 6.92 Å². The molecule has 0 atom stereocenters. The summed E-state index contributed by atoms with van der Waals surface area (Å²) in [5.41, 5.74) is 13.4. The average Bonchev–Trinajstić information content (AvgIpc) is 2.09. The lowest BCUT2D eigenvalue weighted by Gasteiger charge is -2.02. The SMILES string of the molecule is Cc1cc(C#CCN)c(Cl)cc1N. The van der Waals surface area contributed by atoms with E-state index in [9.17, 15) is 0 Å². The molecule has 2 nitrogen and oxygen atoms in total. The number of halogens is 1. The molecule has 3 heteroatoms. The fourth-order valence-electron chi connectivity index (χ4n) is 0.939. The Bertz CT molecular complexity index is 374. The second-order valence-electron chi connectivity index (χ2n) is 2.69. The number of nitrogen functional groups attached to an aromatic ring is 1. The van der Waals surface area contributed by atoms with E-state index in [0.29, 0.717) is 17.3 Å². The Morgan fingerprint density at radius 3 is 2.77 bits per heavy atom. The summed E-state index contributed by atoms with van der Waals surface area (Å²) in [5.74, 6) is 5.62. The van der Waals surface area contributed by atoms with E-state index in [1.165, 1.54) is 0 Å². The summed E-state index contributed by atoms with van der Waals surface area (Å²) in [7, 11) is 0. The number of nitrogens with two attached hydrogens (primary N) is 2. The minimum atomic E-state index is 0.333. The predicted molar refractivity (Wildman–Crippen MR) is 56.5 cm³/mol. The number of benzene rings is 1. The monoisotopic (exact) mass is 194 g/mol. The van der Waals surface area contributed by atoms with Crippen LogP contribution in [0.4, 0.5) is 5.69 Å². The summed E-state index contributed by atoms with van der Waals surface area (Å²) in [6, 6.07) is 3.57. The molecule has 0 heterocycles. The second kappa shape index (κ2) is 4.18. The molecule has 0 aliphatic rings. The summed E-state index contributed by atoms with van der Waals surface area (Å²) in [5, 5.41) is 0.573. The zero-order valence-electron chi connectivity index (χ0n) is 7.39. The highest BCUT2D eigenvalue weighted by Gasteiger charge is 2.00. The van der Waals surface area contributed by atoms with E-state index >= 15 is 0 Å². The van der Waals surface area contributed by atoms with Crippen LogP contribution < -0.4 is 11.5 Å². The van der Waals surface area contributed by atoms with Gasteiger partial charge in [-0.1, -0.05) is 23.4 Å². The van der Waals surface area contributed by atoms with Gasteiger partial charge in [-0.25, -0.2) is 0 Å². The lowest BCUT2D eigenvalue weighted by Crippen LogP contribution is -1.94. The van der Waals surface area contributed by atoms with Crippen LogP contribution in [0.3, 0.4) is 0 Å². The fourth-order valence-corrected chi connectivity index (χ4v) is 1.16. The Labute approximate surface area is 82.9 Å². The summed E-state index contributed by atoms with van der Waals surface area (Å²) in [6.07, 6.45) is 0. The van der Waals surface area contributed by atoms with E-state index < -0.39 is 0 Å². The van der Waals surface area contributed by atoms with Crippen molar-refractivity contribution in [2.75, 3.05) is 12.3 Å². The van der Waals surface area contributed by atoms with Crippen molar-refractivity contribution in [3.05, 3.63) is 28.3 Å². The van der Waals surface area contributed by atoms with Crippen LogP contribution in [0.25, 0.3) is 0 Å². The predicted octanol–water partition coefficient (Wildman–Crippen LogP) is 1.54. The van der Waals surface area contributed by atoms with Gasteiger partial charge < -0.3 is 11.5 Å². The number of hydrogen-bond donors (Lipinski definition) is 2. The molecule has 0 fully saturated rings. The van der Waals surface area contributed by atoms with Gasteiger partial charge in [0.15, 0.2) is 0 Å². The molecule has 0 aliphatic carbocycles. The Balaban J connectivity index is 3.16. The highest BCUT2D eigenvalue weighted by Crippen LogP contribution is 2.21. The number of hydrogen-bond acceptors (Lipinski definition) is 2. The summed E-state index contributed by atoms with van der Waals surface area (Å²) in [4.78, 5) is 0. The van der Waals surface area contributed by atoms with E-state index in [1.54, 1.807) is 6.07 Å². The van der Waals surface area contributed by atoms with Crippen LogP contribution in [0.5, 0.6) is 0 Å². The van der Waals surface area contributed by atoms with Crippen molar-refractivity contribution in [1.29, 1.82) is 0 Å². The largest absolute Gasteiger partial charge is 0.398 e. The molecule has 0 radical (unpaired) electrons. The molecule has 1 aromatic carbocycles. The smallest absolute Gasteiger partial charge is 0.0583 e. The molecule has 4 N–H and O–H groups in total. The van der Waals surface area contributed by atoms with Crippen molar-refractivity contribution in [3.8, 4) is 11.8 Å². The van der Waals surface area contributed by atoms with Gasteiger partial charge in [0, 0.05) is 11.3 Å². The molecule has 1 aromatic rings. The molecule has 0 aliphatic heterocycles. The maximum atomic E-state index is 5.91. The molecule has 0 aromatic heterocycles. The van der Waals surface area contributed by atoms with Crippen molar-refractivity contribution >= 4 is 17.3 Å². The Hall–Kier alpha value is -1.17. The van der Waals surface area contributed by atoms with Crippen LogP contribution in [0.2, 0.25) is 5.02 Å². The highest BCUT2D eigenvalue weighted by molar-refractivity contribution is 6.32. The van der Waals surface area contributed by atoms with Gasteiger partial charge >= 0.3 is 0 Å². The number of anilines is 1. The molecule has 68 valence electrons. The summed E-state index contributed by atoms with van der Waals surface area (Å²) < 4.78 is 0. The molecule has 0 saturated carbocycles. The third-order valence-electron chi connectivity index (χ3n) is 1.68. The van der Waals surface area contributed by atoms with E-state index in [2.05, 4.69) is 11.8 Å². The van der Waals surface area contributed by atoms with Crippen molar-refractivity contribution in [1.82, 2.24) is 0 Å². The van der Waals surface area contributed by atoms with Crippen LogP contribution >= 0.6 is 11.6 Å². The van der Waals surface area contributed by atoms with Crippen LogP contribution in [-0.2, 0) is 0 Å². The lowest BCUT2D eigenvalue weighted by atomic mass is 10.1. The van der Waals surface area contributed by atoms with Crippen LogP contribution in [0.15, 0.2) is 12.1 Å². The maximum absolute atomic E-state index is 5.91. The first-order valence-corrected chi connectivity index (χ1v) is 4.27. The van der Waals surface area contributed by atoms with Crippen LogP contribution in [0.1, 0.15) is 11.1 Å². The third-order valence-corrected chi connectivity index (χ3v) is 1.99. The molecule has 0 bridgehead atoms. The van der Waals surface area contributed by atoms with Gasteiger partial charge in [0.2, 0.25) is 0 Å². The standard InChI is InChI=1S/C10H11ClN2/c1-7-5-8(3-2-4-12)9(11)6-10(7)13/h5-6H,4,12-13H2,1H3. The number of rotatable bonds is 0. The van der Waals surface area contributed by atoms with E-state index in [1.807, 2.05) is 13.0 Å². The zero-order chi connectivity index (χ0) is 9.84. The Kier molecular flexibility index (Phi) is 3.18. The van der Waals surface area contributed by atoms with Crippen molar-refractivity contribution in [3.63, 3.8) is 0 Å². The molecular formula is C10H11ClN2. The molecule has 0 unspecified atom stereocenters. The van der Waals surface area contributed by atoms with Gasteiger partial charge in [0.1, 0.15) is 0 Å². The van der Waals surface area contributed by atoms with Crippen LogP contribution in [-0.4, -0.2) is 6.54 Å². The third kappa shape index (κ3) is 2.38.